The number of phenols is 1. The summed E-state index contributed by atoms with van der Waals surface area (Å²) in [5.74, 6) is -0.541. The minimum absolute atomic E-state index is 0.0158. The molecule has 0 spiro atoms. The van der Waals surface area contributed by atoms with E-state index in [-0.39, 0.29) is 22.8 Å². The topological polar surface area (TPSA) is 78.9 Å². The Hall–Kier alpha value is -4.40. The first-order valence-electron chi connectivity index (χ1n) is 10.7. The Bertz CT molecular complexity index is 1410. The molecule has 0 fully saturated rings. The number of hydrazone groups is 1. The summed E-state index contributed by atoms with van der Waals surface area (Å²) in [5, 5.41) is 16.2. The second kappa shape index (κ2) is 8.75. The van der Waals surface area contributed by atoms with Crippen molar-refractivity contribution in [3.05, 3.63) is 108 Å². The van der Waals surface area contributed by atoms with Crippen LogP contribution in [0.3, 0.4) is 0 Å². The van der Waals surface area contributed by atoms with E-state index in [9.17, 15) is 23.1 Å². The van der Waals surface area contributed by atoms with Crippen LogP contribution in [0.1, 0.15) is 39.7 Å². The van der Waals surface area contributed by atoms with Crippen LogP contribution < -0.4 is 0 Å². The van der Waals surface area contributed by atoms with E-state index in [1.807, 2.05) is 6.07 Å². The molecule has 1 amide bonds. The monoisotopic (exact) mass is 477 g/mol. The Labute approximate surface area is 198 Å². The fourth-order valence-electron chi connectivity index (χ4n) is 3.99. The summed E-state index contributed by atoms with van der Waals surface area (Å²) in [6, 6.07) is 17.2. The third-order valence-electron chi connectivity index (χ3n) is 5.70. The molecule has 176 valence electrons. The summed E-state index contributed by atoms with van der Waals surface area (Å²) in [6.45, 7) is 0. The number of carbonyl (C=O) groups is 1. The minimum Gasteiger partial charge on any atom is -0.508 e. The number of amides is 1. The number of furan rings is 1. The van der Waals surface area contributed by atoms with Crippen LogP contribution in [0.15, 0.2) is 94.7 Å². The molecule has 2 aromatic heterocycles. The normalized spacial score (nSPS) is 15.8. The number of alkyl halides is 3. The lowest BCUT2D eigenvalue weighted by molar-refractivity contribution is -0.137. The van der Waals surface area contributed by atoms with E-state index in [1.54, 1.807) is 36.7 Å². The minimum atomic E-state index is -4.50. The van der Waals surface area contributed by atoms with Crippen molar-refractivity contribution >= 4 is 11.6 Å². The molecular weight excluding hydrogens is 459 g/mol. The van der Waals surface area contributed by atoms with E-state index in [2.05, 4.69) is 10.1 Å². The second-order valence-electron chi connectivity index (χ2n) is 7.96. The van der Waals surface area contributed by atoms with E-state index in [1.165, 1.54) is 35.3 Å². The van der Waals surface area contributed by atoms with Crippen LogP contribution in [-0.4, -0.2) is 26.7 Å². The van der Waals surface area contributed by atoms with Crippen LogP contribution in [0.25, 0.3) is 11.3 Å². The first-order chi connectivity index (χ1) is 16.8. The number of benzene rings is 2. The van der Waals surface area contributed by atoms with Gasteiger partial charge in [0.05, 0.1) is 17.3 Å². The average Bonchev–Trinajstić information content (AvgIpc) is 3.52. The number of hydrogen-bond acceptors (Lipinski definition) is 5. The van der Waals surface area contributed by atoms with Crippen molar-refractivity contribution in [2.24, 2.45) is 5.10 Å². The number of aromatic nitrogens is 1. The lowest BCUT2D eigenvalue weighted by Gasteiger charge is -2.21. The zero-order valence-electron chi connectivity index (χ0n) is 18.1. The third-order valence-corrected chi connectivity index (χ3v) is 5.70. The van der Waals surface area contributed by atoms with Crippen LogP contribution in [0.2, 0.25) is 0 Å². The van der Waals surface area contributed by atoms with Crippen LogP contribution in [-0.2, 0) is 6.18 Å². The van der Waals surface area contributed by atoms with Crippen molar-refractivity contribution in [2.45, 2.75) is 18.6 Å². The predicted octanol–water partition coefficient (Wildman–Crippen LogP) is 6.06. The molecule has 0 aliphatic carbocycles. The van der Waals surface area contributed by atoms with Gasteiger partial charge in [0.25, 0.3) is 0 Å². The Morgan fingerprint density at radius 2 is 1.80 bits per heavy atom. The molecule has 0 saturated carbocycles. The summed E-state index contributed by atoms with van der Waals surface area (Å²) in [7, 11) is 0. The van der Waals surface area contributed by atoms with Crippen molar-refractivity contribution in [1.82, 2.24) is 9.99 Å². The zero-order valence-corrected chi connectivity index (χ0v) is 18.1. The van der Waals surface area contributed by atoms with Gasteiger partial charge in [-0.1, -0.05) is 36.4 Å². The molecule has 1 aliphatic rings. The predicted molar refractivity (Wildman–Crippen MR) is 122 cm³/mol. The molecule has 3 heterocycles. The Balaban J connectivity index is 1.50. The number of rotatable bonds is 4. The summed E-state index contributed by atoms with van der Waals surface area (Å²) < 4.78 is 45.0. The molecule has 2 aromatic carbocycles. The number of para-hydroxylation sites is 1. The van der Waals surface area contributed by atoms with Crippen LogP contribution in [0, 0.1) is 0 Å². The molecule has 0 radical (unpaired) electrons. The van der Waals surface area contributed by atoms with Gasteiger partial charge in [0.1, 0.15) is 11.5 Å². The van der Waals surface area contributed by atoms with Gasteiger partial charge in [-0.25, -0.2) is 5.01 Å². The van der Waals surface area contributed by atoms with E-state index >= 15 is 0 Å². The van der Waals surface area contributed by atoms with Crippen LogP contribution >= 0.6 is 0 Å². The molecule has 6 nitrogen and oxygen atoms in total. The molecule has 1 atom stereocenters. The zero-order chi connectivity index (χ0) is 24.6. The number of halogens is 3. The number of hydrogen-bond donors (Lipinski definition) is 1. The number of phenolic OH excluding ortho intramolecular Hbond substituents is 1. The molecular formula is C26H18F3N3O3. The van der Waals surface area contributed by atoms with E-state index in [0.717, 1.165) is 17.7 Å². The third kappa shape index (κ3) is 4.40. The molecule has 1 N–H and O–H groups in total. The van der Waals surface area contributed by atoms with Gasteiger partial charge >= 0.3 is 12.1 Å². The largest absolute Gasteiger partial charge is 0.508 e. The average molecular weight is 477 g/mol. The smallest absolute Gasteiger partial charge is 0.416 e. The van der Waals surface area contributed by atoms with Gasteiger partial charge in [-0.3, -0.25) is 9.78 Å². The van der Waals surface area contributed by atoms with Gasteiger partial charge < -0.3 is 9.52 Å². The molecule has 35 heavy (non-hydrogen) atoms. The highest BCUT2D eigenvalue weighted by Crippen LogP contribution is 2.38. The van der Waals surface area contributed by atoms with E-state index in [4.69, 9.17) is 4.42 Å². The van der Waals surface area contributed by atoms with Gasteiger partial charge in [0.15, 0.2) is 5.76 Å². The van der Waals surface area contributed by atoms with E-state index in [0.29, 0.717) is 17.7 Å². The maximum Gasteiger partial charge on any atom is 0.416 e. The molecule has 9 heteroatoms. The second-order valence-corrected chi connectivity index (χ2v) is 7.96. The van der Waals surface area contributed by atoms with Gasteiger partial charge in [-0.15, -0.1) is 0 Å². The lowest BCUT2D eigenvalue weighted by Crippen LogP contribution is -2.26. The summed E-state index contributed by atoms with van der Waals surface area (Å²) >= 11 is 0. The number of carbonyl (C=O) groups excluding carboxylic acids is 1. The summed E-state index contributed by atoms with van der Waals surface area (Å²) in [6.07, 6.45) is -0.913. The van der Waals surface area contributed by atoms with Crippen LogP contribution in [0.5, 0.6) is 5.75 Å². The fraction of sp³-hybridized carbons (Fsp3) is 0.115. The molecule has 4 aromatic rings. The van der Waals surface area contributed by atoms with E-state index < -0.39 is 23.7 Å². The lowest BCUT2D eigenvalue weighted by atomic mass is 9.98. The maximum atomic E-state index is 13.4. The molecule has 0 saturated heterocycles. The quantitative estimate of drug-likeness (QED) is 0.388. The Morgan fingerprint density at radius 3 is 2.54 bits per heavy atom. The number of pyridine rings is 1. The highest BCUT2D eigenvalue weighted by molar-refractivity contribution is 6.04. The molecule has 0 bridgehead atoms. The molecule has 1 unspecified atom stereocenters. The van der Waals surface area contributed by atoms with Crippen molar-refractivity contribution in [2.75, 3.05) is 0 Å². The first-order valence-corrected chi connectivity index (χ1v) is 10.7. The highest BCUT2D eigenvalue weighted by Gasteiger charge is 2.36. The fourth-order valence-corrected chi connectivity index (χ4v) is 3.99. The number of nitrogens with zero attached hydrogens (tertiary/aromatic N) is 3. The van der Waals surface area contributed by atoms with Crippen molar-refractivity contribution in [1.29, 1.82) is 0 Å². The van der Waals surface area contributed by atoms with Gasteiger partial charge in [-0.05, 0) is 36.4 Å². The molecule has 5 rings (SSSR count). The Kier molecular flexibility index (Phi) is 5.60. The van der Waals surface area contributed by atoms with Gasteiger partial charge in [0.2, 0.25) is 0 Å². The SMILES string of the molecule is O=C(c1ccc(-c2cccc(C(F)(F)F)c2)o1)N1N=C(c2cccnc2)CC1c1ccccc1O. The molecule has 1 aliphatic heterocycles. The van der Waals surface area contributed by atoms with Gasteiger partial charge in [0, 0.05) is 35.5 Å². The van der Waals surface area contributed by atoms with Crippen molar-refractivity contribution < 1.29 is 27.5 Å². The van der Waals surface area contributed by atoms with Crippen molar-refractivity contribution in [3.63, 3.8) is 0 Å². The number of aromatic hydroxyl groups is 1. The Morgan fingerprint density at radius 1 is 1.00 bits per heavy atom. The first kappa shape index (κ1) is 22.4. The highest BCUT2D eigenvalue weighted by atomic mass is 19.4. The maximum absolute atomic E-state index is 13.4. The summed E-state index contributed by atoms with van der Waals surface area (Å²) in [5.41, 5.74) is 1.21. The van der Waals surface area contributed by atoms with Crippen LogP contribution in [0.4, 0.5) is 13.2 Å². The standard InChI is InChI=1S/C26H18F3N3O3/c27-26(28,29)18-7-3-5-16(13-18)23-10-11-24(35-23)25(34)32-21(19-8-1-2-9-22(19)33)14-20(31-32)17-6-4-12-30-15-17/h1-13,15,21,33H,14H2. The van der Waals surface area contributed by atoms with Crippen molar-refractivity contribution in [3.8, 4) is 17.1 Å². The van der Waals surface area contributed by atoms with Gasteiger partial charge in [-0.2, -0.15) is 18.3 Å². The summed E-state index contributed by atoms with van der Waals surface area (Å²) in [4.78, 5) is 17.5.